The highest BCUT2D eigenvalue weighted by atomic mass is 16.5. The fourth-order valence-electron chi connectivity index (χ4n) is 4.61. The fraction of sp³-hybridized carbons (Fsp3) is 0.800. The van der Waals surface area contributed by atoms with Gasteiger partial charge in [-0.3, -0.25) is 24.0 Å². The Labute approximate surface area is 250 Å². The van der Waals surface area contributed by atoms with Crippen LogP contribution < -0.4 is 26.6 Å². The van der Waals surface area contributed by atoms with Crippen molar-refractivity contribution in [2.45, 2.75) is 125 Å². The molecule has 0 aromatic carbocycles. The smallest absolute Gasteiger partial charge is 0.329 e. The van der Waals surface area contributed by atoms with Gasteiger partial charge in [-0.05, 0) is 43.4 Å². The van der Waals surface area contributed by atoms with E-state index >= 15 is 0 Å². The molecule has 0 spiro atoms. The summed E-state index contributed by atoms with van der Waals surface area (Å²) in [7, 11) is 0. The molecule has 1 aliphatic rings. The molecule has 5 N–H and O–H groups in total. The van der Waals surface area contributed by atoms with E-state index in [2.05, 4.69) is 26.6 Å². The lowest BCUT2D eigenvalue weighted by atomic mass is 9.95. The molecule has 0 radical (unpaired) electrons. The number of rotatable bonds is 8. The number of hydrogen-bond acceptors (Lipinski definition) is 7. The van der Waals surface area contributed by atoms with Crippen LogP contribution in [-0.4, -0.2) is 72.3 Å². The first-order valence-corrected chi connectivity index (χ1v) is 15.2. The van der Waals surface area contributed by atoms with Crippen molar-refractivity contribution in [2.24, 2.45) is 23.7 Å². The van der Waals surface area contributed by atoms with Crippen molar-refractivity contribution >= 4 is 35.5 Å². The molecule has 4 unspecified atom stereocenters. The molecule has 42 heavy (non-hydrogen) atoms. The number of carbonyl (C=O) groups is 6. The molecule has 12 heteroatoms. The zero-order valence-electron chi connectivity index (χ0n) is 26.8. The maximum atomic E-state index is 13.3. The number of hydrogen-bond donors (Lipinski definition) is 5. The van der Waals surface area contributed by atoms with Gasteiger partial charge in [0.2, 0.25) is 29.5 Å². The van der Waals surface area contributed by atoms with Crippen LogP contribution in [0, 0.1) is 23.7 Å². The molecule has 1 rings (SSSR count). The molecule has 0 saturated carbocycles. The first-order chi connectivity index (χ1) is 19.6. The number of carbonyl (C=O) groups excluding carboxylic acids is 6. The molecule has 0 aromatic rings. The van der Waals surface area contributed by atoms with Crippen molar-refractivity contribution in [3.05, 3.63) is 0 Å². The molecule has 0 bridgehead atoms. The lowest BCUT2D eigenvalue weighted by Crippen LogP contribution is -2.58. The van der Waals surface area contributed by atoms with Crippen molar-refractivity contribution in [1.82, 2.24) is 26.6 Å². The van der Waals surface area contributed by atoms with Gasteiger partial charge in [0.15, 0.2) is 0 Å². The maximum absolute atomic E-state index is 13.3. The van der Waals surface area contributed by atoms with E-state index in [1.807, 2.05) is 27.7 Å². The summed E-state index contributed by atoms with van der Waals surface area (Å²) in [5.74, 6) is -4.23. The van der Waals surface area contributed by atoms with Crippen LogP contribution in [0.2, 0.25) is 0 Å². The van der Waals surface area contributed by atoms with Gasteiger partial charge in [0, 0.05) is 0 Å². The predicted molar refractivity (Wildman–Crippen MR) is 159 cm³/mol. The molecular weight excluding hydrogens is 542 g/mol. The van der Waals surface area contributed by atoms with Crippen molar-refractivity contribution in [2.75, 3.05) is 6.54 Å². The van der Waals surface area contributed by atoms with Gasteiger partial charge >= 0.3 is 5.97 Å². The minimum Gasteiger partial charge on any atom is -0.460 e. The van der Waals surface area contributed by atoms with Crippen LogP contribution in [0.1, 0.15) is 94.4 Å². The summed E-state index contributed by atoms with van der Waals surface area (Å²) in [6.45, 7) is 15.8. The highest BCUT2D eigenvalue weighted by Crippen LogP contribution is 2.20. The molecule has 12 nitrogen and oxygen atoms in total. The second-order valence-corrected chi connectivity index (χ2v) is 12.5. The Bertz CT molecular complexity index is 952. The number of amides is 5. The minimum atomic E-state index is -1.02. The highest BCUT2D eigenvalue weighted by Gasteiger charge is 2.34. The average Bonchev–Trinajstić information content (AvgIpc) is 2.89. The quantitative estimate of drug-likeness (QED) is 0.265. The van der Waals surface area contributed by atoms with Crippen LogP contribution in [0.15, 0.2) is 0 Å². The van der Waals surface area contributed by atoms with Gasteiger partial charge in [-0.15, -0.1) is 0 Å². The third-order valence-electron chi connectivity index (χ3n) is 7.32. The zero-order valence-corrected chi connectivity index (χ0v) is 26.8. The number of esters is 1. The summed E-state index contributed by atoms with van der Waals surface area (Å²) in [6, 6.07) is -3.98. The fourth-order valence-corrected chi connectivity index (χ4v) is 4.61. The average molecular weight is 596 g/mol. The van der Waals surface area contributed by atoms with E-state index < -0.39 is 65.8 Å². The number of cyclic esters (lactones) is 1. The normalized spacial score (nSPS) is 26.7. The largest absolute Gasteiger partial charge is 0.460 e. The van der Waals surface area contributed by atoms with Crippen LogP contribution in [0.25, 0.3) is 0 Å². The molecule has 0 aliphatic carbocycles. The monoisotopic (exact) mass is 595 g/mol. The van der Waals surface area contributed by atoms with Crippen molar-refractivity contribution in [1.29, 1.82) is 0 Å². The topological polar surface area (TPSA) is 172 Å². The zero-order chi connectivity index (χ0) is 32.1. The van der Waals surface area contributed by atoms with E-state index in [0.29, 0.717) is 12.8 Å². The summed E-state index contributed by atoms with van der Waals surface area (Å²) in [5.41, 5.74) is 0. The summed E-state index contributed by atoms with van der Waals surface area (Å²) >= 11 is 0. The number of ether oxygens (including phenoxy) is 1. The SMILES string of the molecule is CCCCC(C)C1CC(=O)NCC(=O)NC(C(C)C)C(=O)N[C@H](CC(C)C)C(=O)N[C@@H](C)C(=O)NC(C(C)C)C(=O)O1. The minimum absolute atomic E-state index is 0.0295. The Kier molecular flexibility index (Phi) is 15.5. The van der Waals surface area contributed by atoms with Crippen molar-refractivity contribution < 1.29 is 33.5 Å². The standard InChI is InChI=1S/C30H53N5O7/c1-10-11-12-19(8)22-14-23(36)31-15-24(37)34-25(17(4)5)29(40)33-21(13-16(2)3)28(39)32-20(9)27(38)35-26(18(6)7)30(41)42-22/h16-22,25-26H,10-15H2,1-9H3,(H,31,36)(H,32,39)(H,33,40)(H,34,37)(H,35,38)/t19?,20-,21+,22?,25?,26?/m0/s1. The van der Waals surface area contributed by atoms with Crippen molar-refractivity contribution in [3.8, 4) is 0 Å². The lowest BCUT2D eigenvalue weighted by Gasteiger charge is -2.29. The van der Waals surface area contributed by atoms with E-state index in [4.69, 9.17) is 4.74 Å². The molecule has 240 valence electrons. The van der Waals surface area contributed by atoms with Gasteiger partial charge in [-0.25, -0.2) is 4.79 Å². The summed E-state index contributed by atoms with van der Waals surface area (Å²) < 4.78 is 5.82. The van der Waals surface area contributed by atoms with Gasteiger partial charge < -0.3 is 31.3 Å². The summed E-state index contributed by atoms with van der Waals surface area (Å²) in [5, 5.41) is 13.3. The summed E-state index contributed by atoms with van der Waals surface area (Å²) in [4.78, 5) is 78.4. The first kappa shape index (κ1) is 36.8. The van der Waals surface area contributed by atoms with E-state index in [9.17, 15) is 28.8 Å². The maximum Gasteiger partial charge on any atom is 0.329 e. The predicted octanol–water partition coefficient (Wildman–Crippen LogP) is 1.56. The molecule has 1 fully saturated rings. The first-order valence-electron chi connectivity index (χ1n) is 15.2. The number of nitrogens with one attached hydrogen (secondary N) is 5. The van der Waals surface area contributed by atoms with Crippen LogP contribution >= 0.6 is 0 Å². The van der Waals surface area contributed by atoms with Crippen LogP contribution in [0.3, 0.4) is 0 Å². The third-order valence-corrected chi connectivity index (χ3v) is 7.32. The van der Waals surface area contributed by atoms with Crippen molar-refractivity contribution in [3.63, 3.8) is 0 Å². The Hall–Kier alpha value is -3.18. The molecule has 5 amide bonds. The van der Waals surface area contributed by atoms with E-state index in [-0.39, 0.29) is 36.6 Å². The van der Waals surface area contributed by atoms with Gasteiger partial charge in [0.1, 0.15) is 30.3 Å². The Morgan fingerprint density at radius 3 is 1.93 bits per heavy atom. The second kappa shape index (κ2) is 17.7. The lowest BCUT2D eigenvalue weighted by molar-refractivity contribution is -0.158. The van der Waals surface area contributed by atoms with E-state index in [1.165, 1.54) is 6.92 Å². The Balaban J connectivity index is 3.41. The van der Waals surface area contributed by atoms with Crippen LogP contribution in [0.5, 0.6) is 0 Å². The van der Waals surface area contributed by atoms with Gasteiger partial charge in [-0.1, -0.05) is 68.2 Å². The van der Waals surface area contributed by atoms with Gasteiger partial charge in [-0.2, -0.15) is 0 Å². The molecule has 1 aliphatic heterocycles. The molecule has 1 saturated heterocycles. The molecule has 0 aromatic heterocycles. The van der Waals surface area contributed by atoms with Crippen LogP contribution in [-0.2, 0) is 33.5 Å². The molecule has 6 atom stereocenters. The third kappa shape index (κ3) is 12.4. The molecule has 1 heterocycles. The van der Waals surface area contributed by atoms with Gasteiger partial charge in [0.25, 0.3) is 0 Å². The second-order valence-electron chi connectivity index (χ2n) is 12.5. The highest BCUT2D eigenvalue weighted by molar-refractivity contribution is 5.95. The van der Waals surface area contributed by atoms with Crippen LogP contribution in [0.4, 0.5) is 0 Å². The van der Waals surface area contributed by atoms with E-state index in [1.54, 1.807) is 27.7 Å². The Morgan fingerprint density at radius 2 is 1.38 bits per heavy atom. The van der Waals surface area contributed by atoms with E-state index in [0.717, 1.165) is 12.8 Å². The van der Waals surface area contributed by atoms with Gasteiger partial charge in [0.05, 0.1) is 13.0 Å². The summed E-state index contributed by atoms with van der Waals surface area (Å²) in [6.07, 6.45) is 1.85. The molecular formula is C30H53N5O7. The Morgan fingerprint density at radius 1 is 0.762 bits per heavy atom. The number of unbranched alkanes of at least 4 members (excludes halogenated alkanes) is 1.